The monoisotopic (exact) mass is 328 g/mol. The molecule has 0 radical (unpaired) electrons. The first-order chi connectivity index (χ1) is 8.65. The van der Waals surface area contributed by atoms with Gasteiger partial charge in [-0.25, -0.2) is 0 Å². The highest BCUT2D eigenvalue weighted by Crippen LogP contribution is 2.39. The fourth-order valence-corrected chi connectivity index (χ4v) is 3.77. The molecule has 2 rings (SSSR count). The summed E-state index contributed by atoms with van der Waals surface area (Å²) in [6, 6.07) is 0.436. The molecule has 6 atom stereocenters. The van der Waals surface area contributed by atoms with Gasteiger partial charge < -0.3 is 45.8 Å². The molecular formula is C14H30Cl2N2O2. The van der Waals surface area contributed by atoms with Gasteiger partial charge >= 0.3 is 2.85 Å². The third-order valence-corrected chi connectivity index (χ3v) is 5.04. The van der Waals surface area contributed by atoms with E-state index in [-0.39, 0.29) is 52.0 Å². The van der Waals surface area contributed by atoms with Gasteiger partial charge in [0.2, 0.25) is 0 Å². The molecule has 122 valence electrons. The molecule has 6 unspecified atom stereocenters. The molecular weight excluding hydrogens is 299 g/mol. The number of nitrogens with two attached hydrogens (primary N) is 2. The van der Waals surface area contributed by atoms with E-state index in [1.807, 2.05) is 0 Å². The number of hydrogen-bond donors (Lipinski definition) is 2. The lowest BCUT2D eigenvalue weighted by molar-refractivity contribution is -0.0129. The highest BCUT2D eigenvalue weighted by molar-refractivity contribution is 4.91. The first-order valence-corrected chi connectivity index (χ1v) is 7.22. The molecule has 2 saturated carbocycles. The van der Waals surface area contributed by atoms with E-state index in [0.29, 0.717) is 0 Å². The minimum Gasteiger partial charge on any atom is -1.00 e. The Morgan fingerprint density at radius 2 is 1.10 bits per heavy atom. The van der Waals surface area contributed by atoms with Crippen LogP contribution in [0.2, 0.25) is 0 Å². The molecule has 2 aliphatic carbocycles. The molecule has 4 nitrogen and oxygen atoms in total. The molecule has 0 heterocycles. The maximum Gasteiger partial charge on any atom is 1.00 e. The molecule has 0 aromatic heterocycles. The number of halogens is 2. The molecule has 0 saturated heterocycles. The van der Waals surface area contributed by atoms with E-state index in [9.17, 15) is 0 Å². The number of ether oxygens (including phenoxy) is 2. The third kappa shape index (κ3) is 4.72. The Bertz CT molecular complexity index is 255. The summed E-state index contributed by atoms with van der Waals surface area (Å²) in [6.07, 6.45) is 7.32. The van der Waals surface area contributed by atoms with E-state index in [2.05, 4.69) is 0 Å². The summed E-state index contributed by atoms with van der Waals surface area (Å²) in [7, 11) is 3.56. The largest absolute Gasteiger partial charge is 1.00 e. The van der Waals surface area contributed by atoms with E-state index < -0.39 is 0 Å². The lowest BCUT2D eigenvalue weighted by Crippen LogP contribution is -3.00. The van der Waals surface area contributed by atoms with E-state index in [0.717, 1.165) is 37.5 Å². The van der Waals surface area contributed by atoms with Crippen LogP contribution in [0.4, 0.5) is 0 Å². The van der Waals surface area contributed by atoms with Crippen LogP contribution in [0.15, 0.2) is 0 Å². The Morgan fingerprint density at radius 1 is 0.750 bits per heavy atom. The van der Waals surface area contributed by atoms with Gasteiger partial charge in [-0.1, -0.05) is 0 Å². The van der Waals surface area contributed by atoms with Crippen LogP contribution in [0.1, 0.15) is 41.4 Å². The summed E-state index contributed by atoms with van der Waals surface area (Å²) in [5.74, 6) is 1.47. The normalized spacial score (nSPS) is 41.4. The Kier molecular flexibility index (Phi) is 9.64. The first-order valence-electron chi connectivity index (χ1n) is 7.22. The maximum absolute atomic E-state index is 6.09. The smallest absolute Gasteiger partial charge is 1.00 e. The lowest BCUT2D eigenvalue weighted by Gasteiger charge is -2.41. The summed E-state index contributed by atoms with van der Waals surface area (Å²) in [5, 5.41) is 0. The number of rotatable bonds is 3. The fourth-order valence-electron chi connectivity index (χ4n) is 3.77. The van der Waals surface area contributed by atoms with Crippen LogP contribution in [-0.4, -0.2) is 38.5 Å². The van der Waals surface area contributed by atoms with Gasteiger partial charge in [-0.15, -0.1) is 0 Å². The van der Waals surface area contributed by atoms with Crippen molar-refractivity contribution in [3.05, 3.63) is 0 Å². The van der Waals surface area contributed by atoms with Crippen LogP contribution in [0.25, 0.3) is 0 Å². The Labute approximate surface area is 138 Å². The summed E-state index contributed by atoms with van der Waals surface area (Å²) in [4.78, 5) is 0. The van der Waals surface area contributed by atoms with E-state index in [1.54, 1.807) is 14.2 Å². The summed E-state index contributed by atoms with van der Waals surface area (Å²) in [6.45, 7) is 0. The Hall–Kier alpha value is 0.420. The second-order valence-corrected chi connectivity index (χ2v) is 6.02. The summed E-state index contributed by atoms with van der Waals surface area (Å²) in [5.41, 5.74) is 12.2. The highest BCUT2D eigenvalue weighted by Gasteiger charge is 2.37. The van der Waals surface area contributed by atoms with Crippen molar-refractivity contribution in [2.75, 3.05) is 14.2 Å². The van der Waals surface area contributed by atoms with Gasteiger partial charge in [0.15, 0.2) is 0 Å². The molecule has 20 heavy (non-hydrogen) atoms. The van der Waals surface area contributed by atoms with Crippen LogP contribution in [0.5, 0.6) is 0 Å². The van der Waals surface area contributed by atoms with Gasteiger partial charge in [0, 0.05) is 26.3 Å². The van der Waals surface area contributed by atoms with E-state index in [4.69, 9.17) is 20.9 Å². The van der Waals surface area contributed by atoms with Crippen molar-refractivity contribution in [3.63, 3.8) is 0 Å². The maximum atomic E-state index is 6.09. The second-order valence-electron chi connectivity index (χ2n) is 6.02. The average molecular weight is 329 g/mol. The molecule has 0 aromatic carbocycles. The zero-order valence-electron chi connectivity index (χ0n) is 14.4. The van der Waals surface area contributed by atoms with Crippen molar-refractivity contribution < 1.29 is 37.1 Å². The molecule has 4 N–H and O–H groups in total. The highest BCUT2D eigenvalue weighted by atomic mass is 35.5. The van der Waals surface area contributed by atoms with Crippen LogP contribution >= 0.6 is 0 Å². The van der Waals surface area contributed by atoms with Gasteiger partial charge in [0.1, 0.15) is 0 Å². The molecule has 0 aromatic rings. The van der Waals surface area contributed by atoms with Crippen molar-refractivity contribution in [1.29, 1.82) is 0 Å². The number of methoxy groups -OCH3 is 2. The van der Waals surface area contributed by atoms with Crippen molar-refractivity contribution >= 4 is 0 Å². The molecule has 6 heteroatoms. The molecule has 0 bridgehead atoms. The first kappa shape index (κ1) is 20.4. The van der Waals surface area contributed by atoms with Crippen molar-refractivity contribution in [2.24, 2.45) is 23.3 Å². The molecule has 0 amide bonds. The van der Waals surface area contributed by atoms with Crippen molar-refractivity contribution in [2.45, 2.75) is 62.8 Å². The van der Waals surface area contributed by atoms with Crippen LogP contribution in [-0.2, 0) is 9.47 Å². The SMILES string of the molecule is COC1CC(C2CCC(N)C(OC)C2)CCC1N.[Cl-].[Cl-].[H+].[H+]. The summed E-state index contributed by atoms with van der Waals surface area (Å²) >= 11 is 0. The minimum absolute atomic E-state index is 0. The molecule has 2 aliphatic rings. The lowest BCUT2D eigenvalue weighted by atomic mass is 9.70. The van der Waals surface area contributed by atoms with Gasteiger partial charge in [-0.2, -0.15) is 0 Å². The van der Waals surface area contributed by atoms with Crippen LogP contribution in [0, 0.1) is 11.8 Å². The van der Waals surface area contributed by atoms with Crippen molar-refractivity contribution in [3.8, 4) is 0 Å². The van der Waals surface area contributed by atoms with Gasteiger partial charge in [0.25, 0.3) is 0 Å². The van der Waals surface area contributed by atoms with Crippen LogP contribution in [0.3, 0.4) is 0 Å². The van der Waals surface area contributed by atoms with Gasteiger partial charge in [0.05, 0.1) is 12.2 Å². The summed E-state index contributed by atoms with van der Waals surface area (Å²) < 4.78 is 11.0. The van der Waals surface area contributed by atoms with E-state index in [1.165, 1.54) is 12.8 Å². The second kappa shape index (κ2) is 9.44. The molecule has 2 fully saturated rings. The average Bonchev–Trinajstić information content (AvgIpc) is 2.40. The predicted molar refractivity (Wildman–Crippen MR) is 74.5 cm³/mol. The van der Waals surface area contributed by atoms with Crippen LogP contribution < -0.4 is 36.3 Å². The zero-order valence-corrected chi connectivity index (χ0v) is 13.9. The van der Waals surface area contributed by atoms with Crippen molar-refractivity contribution in [1.82, 2.24) is 0 Å². The third-order valence-electron chi connectivity index (χ3n) is 5.04. The number of hydrogen-bond acceptors (Lipinski definition) is 4. The topological polar surface area (TPSA) is 70.5 Å². The standard InChI is InChI=1S/C14H28N2O2.2ClH/c1-17-13-7-9(3-5-11(13)15)10-4-6-12(16)14(8-10)18-2;;/h9-14H,3-8,15-16H2,1-2H3;2*1H. The predicted octanol–water partition coefficient (Wildman–Crippen LogP) is -4.50. The minimum atomic E-state index is 0. The fraction of sp³-hybridized carbons (Fsp3) is 1.00. The van der Waals surface area contributed by atoms with Gasteiger partial charge in [-0.3, -0.25) is 0 Å². The quantitative estimate of drug-likeness (QED) is 0.548. The Balaban J connectivity index is -0.000000902. The van der Waals surface area contributed by atoms with Gasteiger partial charge in [-0.05, 0) is 50.4 Å². The Morgan fingerprint density at radius 3 is 1.40 bits per heavy atom. The molecule has 0 aliphatic heterocycles. The molecule has 0 spiro atoms. The van der Waals surface area contributed by atoms with E-state index >= 15 is 0 Å². The zero-order chi connectivity index (χ0) is 13.1.